The maximum atomic E-state index is 11.8. The fourth-order valence-corrected chi connectivity index (χ4v) is 2.86. The average Bonchev–Trinajstić information content (AvgIpc) is 2.71. The van der Waals surface area contributed by atoms with E-state index in [-0.39, 0.29) is 18.5 Å². The van der Waals surface area contributed by atoms with Crippen molar-refractivity contribution in [2.75, 3.05) is 43.0 Å². The number of amides is 1. The van der Waals surface area contributed by atoms with Crippen LogP contribution in [0.5, 0.6) is 6.01 Å². The maximum Gasteiger partial charge on any atom is 0.316 e. The Morgan fingerprint density at radius 1 is 1.15 bits per heavy atom. The SMILES string of the molecule is Cc1nc(NCCNC(=O)COc2ncccn2)cc(N2CCCCC2)n1. The number of hydrogen-bond acceptors (Lipinski definition) is 8. The number of carbonyl (C=O) groups is 1. The van der Waals surface area contributed by atoms with Gasteiger partial charge in [-0.15, -0.1) is 0 Å². The molecule has 1 aliphatic rings. The highest BCUT2D eigenvalue weighted by atomic mass is 16.5. The lowest BCUT2D eigenvalue weighted by Gasteiger charge is -2.28. The van der Waals surface area contributed by atoms with E-state index in [1.54, 1.807) is 18.5 Å². The van der Waals surface area contributed by atoms with Gasteiger partial charge in [0.2, 0.25) is 0 Å². The molecule has 27 heavy (non-hydrogen) atoms. The number of rotatable bonds is 8. The predicted octanol–water partition coefficient (Wildman–Crippen LogP) is 1.17. The van der Waals surface area contributed by atoms with Crippen LogP contribution in [0.2, 0.25) is 0 Å². The monoisotopic (exact) mass is 371 g/mol. The molecule has 0 aliphatic carbocycles. The van der Waals surface area contributed by atoms with Gasteiger partial charge in [-0.2, -0.15) is 0 Å². The van der Waals surface area contributed by atoms with Crippen LogP contribution in [0.4, 0.5) is 11.6 Å². The second kappa shape index (κ2) is 9.65. The Morgan fingerprint density at radius 2 is 1.93 bits per heavy atom. The van der Waals surface area contributed by atoms with Crippen LogP contribution in [0.15, 0.2) is 24.5 Å². The van der Waals surface area contributed by atoms with E-state index < -0.39 is 0 Å². The second-order valence-corrected chi connectivity index (χ2v) is 6.30. The van der Waals surface area contributed by atoms with Crippen molar-refractivity contribution in [2.45, 2.75) is 26.2 Å². The number of aromatic nitrogens is 4. The molecule has 2 aromatic rings. The maximum absolute atomic E-state index is 11.8. The van der Waals surface area contributed by atoms with E-state index in [0.29, 0.717) is 13.1 Å². The summed E-state index contributed by atoms with van der Waals surface area (Å²) in [6, 6.07) is 3.84. The summed E-state index contributed by atoms with van der Waals surface area (Å²) in [5.74, 6) is 2.24. The lowest BCUT2D eigenvalue weighted by atomic mass is 10.1. The van der Waals surface area contributed by atoms with Gasteiger partial charge in [0.25, 0.3) is 5.91 Å². The highest BCUT2D eigenvalue weighted by molar-refractivity contribution is 5.77. The van der Waals surface area contributed by atoms with Crippen molar-refractivity contribution in [2.24, 2.45) is 0 Å². The largest absolute Gasteiger partial charge is 0.453 e. The topological polar surface area (TPSA) is 105 Å². The summed E-state index contributed by atoms with van der Waals surface area (Å²) in [4.78, 5) is 30.8. The molecule has 144 valence electrons. The smallest absolute Gasteiger partial charge is 0.316 e. The zero-order chi connectivity index (χ0) is 18.9. The van der Waals surface area contributed by atoms with Crippen LogP contribution < -0.4 is 20.3 Å². The summed E-state index contributed by atoms with van der Waals surface area (Å²) < 4.78 is 5.20. The zero-order valence-electron chi connectivity index (χ0n) is 15.5. The van der Waals surface area contributed by atoms with E-state index in [9.17, 15) is 4.79 Å². The summed E-state index contributed by atoms with van der Waals surface area (Å²) >= 11 is 0. The van der Waals surface area contributed by atoms with Crippen LogP contribution in [0, 0.1) is 6.92 Å². The molecule has 1 saturated heterocycles. The molecule has 0 saturated carbocycles. The van der Waals surface area contributed by atoms with Crippen LogP contribution >= 0.6 is 0 Å². The molecule has 0 atom stereocenters. The molecule has 2 N–H and O–H groups in total. The van der Waals surface area contributed by atoms with Gasteiger partial charge in [-0.25, -0.2) is 19.9 Å². The number of aryl methyl sites for hydroxylation is 1. The number of nitrogens with zero attached hydrogens (tertiary/aromatic N) is 5. The van der Waals surface area contributed by atoms with Crippen molar-refractivity contribution in [1.82, 2.24) is 25.3 Å². The minimum atomic E-state index is -0.225. The van der Waals surface area contributed by atoms with E-state index in [1.165, 1.54) is 19.3 Å². The van der Waals surface area contributed by atoms with E-state index in [2.05, 4.69) is 35.5 Å². The van der Waals surface area contributed by atoms with Crippen molar-refractivity contribution in [3.63, 3.8) is 0 Å². The Labute approximate surface area is 158 Å². The van der Waals surface area contributed by atoms with Gasteiger partial charge in [0, 0.05) is 44.6 Å². The van der Waals surface area contributed by atoms with Crippen molar-refractivity contribution < 1.29 is 9.53 Å². The normalized spacial score (nSPS) is 13.9. The fraction of sp³-hybridized carbons (Fsp3) is 0.500. The van der Waals surface area contributed by atoms with E-state index in [4.69, 9.17) is 4.74 Å². The third-order valence-electron chi connectivity index (χ3n) is 4.13. The molecule has 3 heterocycles. The van der Waals surface area contributed by atoms with E-state index >= 15 is 0 Å². The quantitative estimate of drug-likeness (QED) is 0.666. The van der Waals surface area contributed by atoms with Crippen LogP contribution in [-0.4, -0.2) is 58.6 Å². The first kappa shape index (κ1) is 18.8. The summed E-state index contributed by atoms with van der Waals surface area (Å²) in [5, 5.41) is 6.02. The molecule has 9 nitrogen and oxygen atoms in total. The van der Waals surface area contributed by atoms with Gasteiger partial charge in [0.05, 0.1) is 0 Å². The first-order valence-electron chi connectivity index (χ1n) is 9.22. The molecule has 1 aliphatic heterocycles. The standard InChI is InChI=1S/C18H25N7O2/c1-14-23-15(12-16(24-14)25-10-3-2-4-11-25)19-8-9-20-17(26)13-27-18-21-6-5-7-22-18/h5-7,12H,2-4,8-11,13H2,1H3,(H,20,26)(H,19,23,24). The average molecular weight is 371 g/mol. The lowest BCUT2D eigenvalue weighted by molar-refractivity contribution is -0.123. The summed E-state index contributed by atoms with van der Waals surface area (Å²) in [6.07, 6.45) is 6.81. The number of ether oxygens (including phenoxy) is 1. The van der Waals surface area contributed by atoms with Gasteiger partial charge >= 0.3 is 6.01 Å². The van der Waals surface area contributed by atoms with Gasteiger partial charge < -0.3 is 20.3 Å². The van der Waals surface area contributed by atoms with Gasteiger partial charge in [-0.3, -0.25) is 4.79 Å². The first-order chi connectivity index (χ1) is 13.2. The molecule has 0 aromatic carbocycles. The van der Waals surface area contributed by atoms with Gasteiger partial charge in [0.1, 0.15) is 17.5 Å². The molecular formula is C18H25N7O2. The van der Waals surface area contributed by atoms with Crippen LogP contribution in [0.3, 0.4) is 0 Å². The Kier molecular flexibility index (Phi) is 6.72. The van der Waals surface area contributed by atoms with E-state index in [1.807, 2.05) is 13.0 Å². The van der Waals surface area contributed by atoms with Crippen LogP contribution in [0.1, 0.15) is 25.1 Å². The van der Waals surface area contributed by atoms with Crippen molar-refractivity contribution in [3.8, 4) is 6.01 Å². The predicted molar refractivity (Wildman–Crippen MR) is 102 cm³/mol. The highest BCUT2D eigenvalue weighted by Gasteiger charge is 2.13. The first-order valence-corrected chi connectivity index (χ1v) is 9.22. The molecule has 2 aromatic heterocycles. The number of carbonyl (C=O) groups excluding carboxylic acids is 1. The summed E-state index contributed by atoms with van der Waals surface area (Å²) in [6.45, 7) is 4.87. The van der Waals surface area contributed by atoms with Crippen molar-refractivity contribution in [3.05, 3.63) is 30.4 Å². The summed E-state index contributed by atoms with van der Waals surface area (Å²) in [5.41, 5.74) is 0. The Bertz CT molecular complexity index is 736. The lowest BCUT2D eigenvalue weighted by Crippen LogP contribution is -2.33. The minimum Gasteiger partial charge on any atom is -0.453 e. The molecule has 3 rings (SSSR count). The fourth-order valence-electron chi connectivity index (χ4n) is 2.86. The summed E-state index contributed by atoms with van der Waals surface area (Å²) in [7, 11) is 0. The third-order valence-corrected chi connectivity index (χ3v) is 4.13. The highest BCUT2D eigenvalue weighted by Crippen LogP contribution is 2.20. The third kappa shape index (κ3) is 6.05. The molecule has 9 heteroatoms. The molecule has 0 bridgehead atoms. The van der Waals surface area contributed by atoms with Gasteiger partial charge in [-0.05, 0) is 32.3 Å². The number of nitrogens with one attached hydrogen (secondary N) is 2. The van der Waals surface area contributed by atoms with Crippen LogP contribution in [-0.2, 0) is 4.79 Å². The molecule has 0 unspecified atom stereocenters. The number of piperidine rings is 1. The van der Waals surface area contributed by atoms with Crippen molar-refractivity contribution in [1.29, 1.82) is 0 Å². The minimum absolute atomic E-state index is 0.115. The zero-order valence-corrected chi connectivity index (χ0v) is 15.5. The van der Waals surface area contributed by atoms with Gasteiger partial charge in [0.15, 0.2) is 6.61 Å². The molecular weight excluding hydrogens is 346 g/mol. The van der Waals surface area contributed by atoms with E-state index in [0.717, 1.165) is 30.5 Å². The Hall–Kier alpha value is -2.97. The van der Waals surface area contributed by atoms with Crippen LogP contribution in [0.25, 0.3) is 0 Å². The number of anilines is 2. The Balaban J connectivity index is 1.40. The molecule has 0 radical (unpaired) electrons. The van der Waals surface area contributed by atoms with Crippen molar-refractivity contribution >= 4 is 17.5 Å². The molecule has 0 spiro atoms. The molecule has 1 amide bonds. The Morgan fingerprint density at radius 3 is 2.70 bits per heavy atom. The second-order valence-electron chi connectivity index (χ2n) is 6.30. The van der Waals surface area contributed by atoms with Gasteiger partial charge in [-0.1, -0.05) is 0 Å². The molecule has 1 fully saturated rings. The number of hydrogen-bond donors (Lipinski definition) is 2.